The molecule has 1 amide bonds. The van der Waals surface area contributed by atoms with Crippen LogP contribution in [0.2, 0.25) is 0 Å². The van der Waals surface area contributed by atoms with Gasteiger partial charge in [-0.1, -0.05) is 31.0 Å². The fourth-order valence-electron chi connectivity index (χ4n) is 3.12. The lowest BCUT2D eigenvalue weighted by atomic mass is 10.2. The van der Waals surface area contributed by atoms with Crippen molar-refractivity contribution in [1.82, 2.24) is 9.88 Å². The minimum Gasteiger partial charge on any atom is -0.395 e. The van der Waals surface area contributed by atoms with Gasteiger partial charge in [0.15, 0.2) is 0 Å². The van der Waals surface area contributed by atoms with E-state index in [0.717, 1.165) is 23.7 Å². The van der Waals surface area contributed by atoms with Crippen LogP contribution in [0.15, 0.2) is 30.3 Å². The maximum absolute atomic E-state index is 12.7. The molecule has 1 aromatic carbocycles. The Balaban J connectivity index is 1.87. The molecule has 0 spiro atoms. The highest BCUT2D eigenvalue weighted by atomic mass is 16.3. The number of nitrogens with zero attached hydrogens (tertiary/aromatic N) is 1. The van der Waals surface area contributed by atoms with Crippen LogP contribution in [-0.4, -0.2) is 40.1 Å². The number of aliphatic hydroxyl groups excluding tert-OH is 1. The van der Waals surface area contributed by atoms with Gasteiger partial charge in [-0.25, -0.2) is 0 Å². The third-order valence-electron chi connectivity index (χ3n) is 4.13. The van der Waals surface area contributed by atoms with Crippen molar-refractivity contribution in [3.8, 4) is 0 Å². The smallest absolute Gasteiger partial charge is 0.270 e. The lowest BCUT2D eigenvalue weighted by Gasteiger charge is -2.27. The molecule has 4 heteroatoms. The minimum absolute atomic E-state index is 0.00199. The number of rotatable bonds is 4. The molecule has 2 N–H and O–H groups in total. The first-order valence-electron chi connectivity index (χ1n) is 7.29. The second kappa shape index (κ2) is 5.67. The van der Waals surface area contributed by atoms with Crippen LogP contribution in [0.4, 0.5) is 0 Å². The molecule has 1 fully saturated rings. The first-order valence-corrected chi connectivity index (χ1v) is 7.29. The summed E-state index contributed by atoms with van der Waals surface area (Å²) in [5.41, 5.74) is 1.60. The van der Waals surface area contributed by atoms with Gasteiger partial charge in [0.1, 0.15) is 5.69 Å². The van der Waals surface area contributed by atoms with Crippen LogP contribution in [0.1, 0.15) is 36.2 Å². The fourth-order valence-corrected chi connectivity index (χ4v) is 3.12. The van der Waals surface area contributed by atoms with Crippen molar-refractivity contribution in [2.75, 3.05) is 13.2 Å². The van der Waals surface area contributed by atoms with E-state index in [1.54, 1.807) is 0 Å². The second-order valence-electron chi connectivity index (χ2n) is 5.43. The lowest BCUT2D eigenvalue weighted by molar-refractivity contribution is 0.0633. The highest BCUT2D eigenvalue weighted by molar-refractivity contribution is 5.98. The molecule has 0 radical (unpaired) electrons. The second-order valence-corrected chi connectivity index (χ2v) is 5.43. The first kappa shape index (κ1) is 13.2. The van der Waals surface area contributed by atoms with E-state index in [1.165, 1.54) is 12.8 Å². The molecule has 1 saturated carbocycles. The number of para-hydroxylation sites is 1. The summed E-state index contributed by atoms with van der Waals surface area (Å²) in [6, 6.07) is 10.1. The molecule has 0 saturated heterocycles. The molecule has 0 aliphatic heterocycles. The SMILES string of the molecule is O=C(c1cc2ccccc2[nH]1)N(CCO)C1CCCC1. The molecule has 1 heterocycles. The van der Waals surface area contributed by atoms with Gasteiger partial charge in [-0.2, -0.15) is 0 Å². The Kier molecular flexibility index (Phi) is 3.74. The van der Waals surface area contributed by atoms with Crippen molar-refractivity contribution >= 4 is 16.8 Å². The van der Waals surface area contributed by atoms with Crippen molar-refractivity contribution in [3.05, 3.63) is 36.0 Å². The predicted molar refractivity (Wildman–Crippen MR) is 78.7 cm³/mol. The van der Waals surface area contributed by atoms with Gasteiger partial charge in [0, 0.05) is 23.5 Å². The molecular formula is C16H20N2O2. The summed E-state index contributed by atoms with van der Waals surface area (Å²) in [4.78, 5) is 17.7. The number of aromatic amines is 1. The van der Waals surface area contributed by atoms with E-state index in [9.17, 15) is 9.90 Å². The van der Waals surface area contributed by atoms with Crippen LogP contribution in [-0.2, 0) is 0 Å². The zero-order valence-corrected chi connectivity index (χ0v) is 11.5. The van der Waals surface area contributed by atoms with Gasteiger partial charge in [0.2, 0.25) is 0 Å². The number of carbonyl (C=O) groups is 1. The largest absolute Gasteiger partial charge is 0.395 e. The Morgan fingerprint density at radius 3 is 2.75 bits per heavy atom. The fraction of sp³-hybridized carbons (Fsp3) is 0.438. The zero-order valence-electron chi connectivity index (χ0n) is 11.5. The lowest BCUT2D eigenvalue weighted by Crippen LogP contribution is -2.40. The van der Waals surface area contributed by atoms with Crippen molar-refractivity contribution in [2.24, 2.45) is 0 Å². The summed E-state index contributed by atoms with van der Waals surface area (Å²) >= 11 is 0. The quantitative estimate of drug-likeness (QED) is 0.898. The molecule has 2 aromatic rings. The predicted octanol–water partition coefficient (Wildman–Crippen LogP) is 2.55. The number of hydrogen-bond donors (Lipinski definition) is 2. The average Bonchev–Trinajstić information content (AvgIpc) is 3.12. The standard InChI is InChI=1S/C16H20N2O2/c19-10-9-18(13-6-2-3-7-13)16(20)15-11-12-5-1-4-8-14(12)17-15/h1,4-5,8,11,13,17,19H,2-3,6-7,9-10H2. The molecule has 0 unspecified atom stereocenters. The van der Waals surface area contributed by atoms with Crippen LogP contribution in [0.5, 0.6) is 0 Å². The monoisotopic (exact) mass is 272 g/mol. The number of hydrogen-bond acceptors (Lipinski definition) is 2. The van der Waals surface area contributed by atoms with Crippen LogP contribution in [0.3, 0.4) is 0 Å². The summed E-state index contributed by atoms with van der Waals surface area (Å²) in [6.07, 6.45) is 4.44. The van der Waals surface area contributed by atoms with Crippen molar-refractivity contribution in [1.29, 1.82) is 0 Å². The number of fused-ring (bicyclic) bond motifs is 1. The number of H-pyrrole nitrogens is 1. The van der Waals surface area contributed by atoms with Crippen molar-refractivity contribution in [3.63, 3.8) is 0 Å². The van der Waals surface area contributed by atoms with Gasteiger partial charge in [-0.3, -0.25) is 4.79 Å². The van der Waals surface area contributed by atoms with Gasteiger partial charge in [0.05, 0.1) is 6.61 Å². The maximum Gasteiger partial charge on any atom is 0.270 e. The average molecular weight is 272 g/mol. The van der Waals surface area contributed by atoms with Crippen molar-refractivity contribution in [2.45, 2.75) is 31.7 Å². The Morgan fingerprint density at radius 2 is 2.05 bits per heavy atom. The molecule has 1 aliphatic carbocycles. The number of aliphatic hydroxyl groups is 1. The number of amides is 1. The number of nitrogens with one attached hydrogen (secondary N) is 1. The summed E-state index contributed by atoms with van der Waals surface area (Å²) in [5.74, 6) is 0.00199. The number of aromatic nitrogens is 1. The van der Waals surface area contributed by atoms with E-state index in [-0.39, 0.29) is 18.6 Å². The summed E-state index contributed by atoms with van der Waals surface area (Å²) in [6.45, 7) is 0.432. The van der Waals surface area contributed by atoms with Crippen molar-refractivity contribution < 1.29 is 9.90 Å². The van der Waals surface area contributed by atoms with E-state index in [1.807, 2.05) is 35.2 Å². The Morgan fingerprint density at radius 1 is 1.30 bits per heavy atom. The van der Waals surface area contributed by atoms with Crippen LogP contribution >= 0.6 is 0 Å². The number of benzene rings is 1. The third kappa shape index (κ3) is 2.43. The molecule has 4 nitrogen and oxygen atoms in total. The normalized spacial score (nSPS) is 15.8. The topological polar surface area (TPSA) is 56.3 Å². The molecule has 1 aliphatic rings. The van der Waals surface area contributed by atoms with Crippen LogP contribution in [0.25, 0.3) is 10.9 Å². The van der Waals surface area contributed by atoms with E-state index in [0.29, 0.717) is 12.2 Å². The number of carbonyl (C=O) groups excluding carboxylic acids is 1. The molecular weight excluding hydrogens is 252 g/mol. The Bertz CT molecular complexity index is 566. The van der Waals surface area contributed by atoms with Gasteiger partial charge in [-0.05, 0) is 25.0 Å². The van der Waals surface area contributed by atoms with E-state index < -0.39 is 0 Å². The van der Waals surface area contributed by atoms with E-state index in [2.05, 4.69) is 4.98 Å². The van der Waals surface area contributed by atoms with Crippen LogP contribution < -0.4 is 0 Å². The highest BCUT2D eigenvalue weighted by Gasteiger charge is 2.27. The minimum atomic E-state index is 0.00199. The molecule has 20 heavy (non-hydrogen) atoms. The van der Waals surface area contributed by atoms with Gasteiger partial charge >= 0.3 is 0 Å². The van der Waals surface area contributed by atoms with Gasteiger partial charge in [-0.15, -0.1) is 0 Å². The summed E-state index contributed by atoms with van der Waals surface area (Å²) in [7, 11) is 0. The third-order valence-corrected chi connectivity index (χ3v) is 4.13. The molecule has 0 bridgehead atoms. The molecule has 1 aromatic heterocycles. The summed E-state index contributed by atoms with van der Waals surface area (Å²) in [5, 5.41) is 10.3. The van der Waals surface area contributed by atoms with Gasteiger partial charge < -0.3 is 15.0 Å². The Hall–Kier alpha value is -1.81. The molecule has 0 atom stereocenters. The highest BCUT2D eigenvalue weighted by Crippen LogP contribution is 2.25. The van der Waals surface area contributed by atoms with Gasteiger partial charge in [0.25, 0.3) is 5.91 Å². The van der Waals surface area contributed by atoms with Crippen LogP contribution in [0, 0.1) is 0 Å². The Labute approximate surface area is 118 Å². The van der Waals surface area contributed by atoms with E-state index >= 15 is 0 Å². The maximum atomic E-state index is 12.7. The van der Waals surface area contributed by atoms with E-state index in [4.69, 9.17) is 0 Å². The summed E-state index contributed by atoms with van der Waals surface area (Å²) < 4.78 is 0. The zero-order chi connectivity index (χ0) is 13.9. The molecule has 106 valence electrons. The first-order chi connectivity index (χ1) is 9.79. The molecule has 3 rings (SSSR count).